The van der Waals surface area contributed by atoms with Crippen LogP contribution >= 0.6 is 0 Å². The minimum absolute atomic E-state index is 0.468. The van der Waals surface area contributed by atoms with Crippen LogP contribution in [-0.2, 0) is 19.8 Å². The summed E-state index contributed by atoms with van der Waals surface area (Å²) in [6.07, 6.45) is 0. The molecule has 0 spiro atoms. The van der Waals surface area contributed by atoms with Crippen LogP contribution in [0.25, 0.3) is 0 Å². The van der Waals surface area contributed by atoms with Crippen molar-refractivity contribution in [2.24, 2.45) is 0 Å². The van der Waals surface area contributed by atoms with Crippen molar-refractivity contribution in [1.82, 2.24) is 0 Å². The quantitative estimate of drug-likeness (QED) is 0.534. The third kappa shape index (κ3) is 2.37. The van der Waals surface area contributed by atoms with Gasteiger partial charge in [-0.1, -0.05) is 0 Å². The Morgan fingerprint density at radius 2 is 2.17 bits per heavy atom. The van der Waals surface area contributed by atoms with E-state index in [0.717, 1.165) is 0 Å². The van der Waals surface area contributed by atoms with E-state index in [4.69, 9.17) is 3.93 Å². The van der Waals surface area contributed by atoms with Gasteiger partial charge in [-0.3, -0.25) is 0 Å². The van der Waals surface area contributed by atoms with E-state index in [1.807, 2.05) is 0 Å². The van der Waals surface area contributed by atoms with Crippen LogP contribution in [0.4, 0.5) is 0 Å². The maximum atomic E-state index is 9.89. The van der Waals surface area contributed by atoms with Gasteiger partial charge < -0.3 is 0 Å². The van der Waals surface area contributed by atoms with Crippen molar-refractivity contribution in [3.63, 3.8) is 0 Å². The van der Waals surface area contributed by atoms with E-state index < -0.39 is 16.3 Å². The third-order valence-corrected chi connectivity index (χ3v) is 2.68. The summed E-state index contributed by atoms with van der Waals surface area (Å²) in [7, 11) is 0. The second-order valence-corrected chi connectivity index (χ2v) is 5.73. The fourth-order valence-corrected chi connectivity index (χ4v) is 0. The first-order valence-corrected chi connectivity index (χ1v) is 5.83. The van der Waals surface area contributed by atoms with Crippen LogP contribution in [0.5, 0.6) is 0 Å². The molecule has 0 atom stereocenters. The molecule has 0 radical (unpaired) electrons. The van der Waals surface area contributed by atoms with E-state index in [2.05, 4.69) is 6.58 Å². The van der Waals surface area contributed by atoms with E-state index >= 15 is 0 Å². The number of allylic oxidation sites excluding steroid dienone is 1. The van der Waals surface area contributed by atoms with Gasteiger partial charge in [0, 0.05) is 0 Å². The Labute approximate surface area is 42.1 Å². The molecule has 6 heavy (non-hydrogen) atoms. The molecule has 0 aliphatic rings. The van der Waals surface area contributed by atoms with Crippen molar-refractivity contribution >= 4 is 0 Å². The van der Waals surface area contributed by atoms with Crippen LogP contribution in [0.2, 0.25) is 0 Å². The molecule has 0 unspecified atom stereocenters. The van der Waals surface area contributed by atoms with Gasteiger partial charge in [0.05, 0.1) is 0 Å². The van der Waals surface area contributed by atoms with Gasteiger partial charge in [0.15, 0.2) is 0 Å². The molecule has 0 bridgehead atoms. The topological polar surface area (TPSA) is 37.3 Å². The summed E-state index contributed by atoms with van der Waals surface area (Å²) >= 11 is -3.24. The van der Waals surface area contributed by atoms with E-state index in [0.29, 0.717) is 4.17 Å². The van der Waals surface area contributed by atoms with Gasteiger partial charge in [-0.25, -0.2) is 0 Å². The molecule has 2 nitrogen and oxygen atoms in total. The average molecular weight is 139 g/mol. The predicted molar refractivity (Wildman–Crippen MR) is 17.7 cm³/mol. The van der Waals surface area contributed by atoms with Gasteiger partial charge in [-0.05, 0) is 0 Å². The SMILES string of the molecule is C=[C](C)[Zn](=[O])[OH]. The maximum absolute atomic E-state index is 9.89. The third-order valence-electron chi connectivity index (χ3n) is 0.516. The van der Waals surface area contributed by atoms with Gasteiger partial charge in [-0.2, -0.15) is 0 Å². The molecule has 32 valence electrons. The second-order valence-electron chi connectivity index (χ2n) is 1.39. The normalized spacial score (nSPS) is 6.17. The zero-order valence-corrected chi connectivity index (χ0v) is 6.74. The molecule has 0 rings (SSSR count). The minimum atomic E-state index is -3.24. The van der Waals surface area contributed by atoms with Crippen LogP contribution in [0, 0.1) is 0 Å². The van der Waals surface area contributed by atoms with E-state index in [9.17, 15) is 3.57 Å². The van der Waals surface area contributed by atoms with Crippen LogP contribution in [0.1, 0.15) is 6.92 Å². The summed E-state index contributed by atoms with van der Waals surface area (Å²) in [6, 6.07) is 0. The summed E-state index contributed by atoms with van der Waals surface area (Å²) in [5, 5.41) is 0. The summed E-state index contributed by atoms with van der Waals surface area (Å²) in [6.45, 7) is 4.86. The fraction of sp³-hybridized carbons (Fsp3) is 0.333. The van der Waals surface area contributed by atoms with Gasteiger partial charge in [0.2, 0.25) is 0 Å². The summed E-state index contributed by atoms with van der Waals surface area (Å²) in [5.41, 5.74) is 0. The molecule has 0 aromatic heterocycles. The molecule has 0 amide bonds. The van der Waals surface area contributed by atoms with Crippen molar-refractivity contribution in [1.29, 1.82) is 0 Å². The first-order chi connectivity index (χ1) is 2.64. The molecule has 0 aliphatic heterocycles. The Balaban J connectivity index is 3.57. The van der Waals surface area contributed by atoms with E-state index in [-0.39, 0.29) is 0 Å². The Bertz CT molecular complexity index is 74.8. The Morgan fingerprint density at radius 3 is 2.17 bits per heavy atom. The number of rotatable bonds is 1. The van der Waals surface area contributed by atoms with Crippen molar-refractivity contribution < 1.29 is 23.8 Å². The fourth-order valence-electron chi connectivity index (χ4n) is 0. The molecular weight excluding hydrogens is 133 g/mol. The van der Waals surface area contributed by atoms with E-state index in [1.165, 1.54) is 0 Å². The molecule has 0 fully saturated rings. The monoisotopic (exact) mass is 138 g/mol. The first kappa shape index (κ1) is 6.12. The van der Waals surface area contributed by atoms with Gasteiger partial charge in [-0.15, -0.1) is 0 Å². The zero-order valence-electron chi connectivity index (χ0n) is 3.77. The van der Waals surface area contributed by atoms with Crippen LogP contribution < -0.4 is 0 Å². The van der Waals surface area contributed by atoms with Crippen molar-refractivity contribution in [2.45, 2.75) is 6.92 Å². The standard InChI is InChI=1S/C3H5.H2O.O.Zn/c1-3-2;;;/h1H2,2H3;1H2;;/q;;;+1/p-1. The van der Waals surface area contributed by atoms with Crippen molar-refractivity contribution in [3.05, 3.63) is 10.7 Å². The molecule has 0 aromatic rings. The van der Waals surface area contributed by atoms with Gasteiger partial charge >= 0.3 is 41.4 Å². The van der Waals surface area contributed by atoms with Crippen LogP contribution in [0.3, 0.4) is 0 Å². The second kappa shape index (κ2) is 2.32. The van der Waals surface area contributed by atoms with Crippen LogP contribution in [-0.4, -0.2) is 3.93 Å². The Hall–Kier alpha value is 0.123. The Morgan fingerprint density at radius 1 is 2.00 bits per heavy atom. The molecule has 1 N–H and O–H groups in total. The number of hydrogen-bond acceptors (Lipinski definition) is 1. The number of hydrogen-bond donors (Lipinski definition) is 1. The van der Waals surface area contributed by atoms with Crippen molar-refractivity contribution in [2.75, 3.05) is 0 Å². The molecule has 0 saturated heterocycles. The molecule has 0 saturated carbocycles. The van der Waals surface area contributed by atoms with E-state index in [1.54, 1.807) is 6.92 Å². The van der Waals surface area contributed by atoms with Gasteiger partial charge in [0.25, 0.3) is 0 Å². The zero-order chi connectivity index (χ0) is 5.15. The first-order valence-electron chi connectivity index (χ1n) is 1.81. The Kier molecular flexibility index (Phi) is 2.37. The predicted octanol–water partition coefficient (Wildman–Crippen LogP) is 0.391. The molecular formula is C3H6O2Zn. The molecule has 3 heteroatoms. The van der Waals surface area contributed by atoms with Gasteiger partial charge in [0.1, 0.15) is 0 Å². The summed E-state index contributed by atoms with van der Waals surface area (Å²) < 4.78 is 18.5. The summed E-state index contributed by atoms with van der Waals surface area (Å²) in [5.74, 6) is 0. The molecule has 0 heterocycles. The molecule has 0 aliphatic carbocycles. The molecule has 0 aromatic carbocycles. The average Bonchev–Trinajstić information content (AvgIpc) is 1.36. The van der Waals surface area contributed by atoms with Crippen LogP contribution in [0.15, 0.2) is 10.7 Å². The summed E-state index contributed by atoms with van der Waals surface area (Å²) in [4.78, 5) is 0. The van der Waals surface area contributed by atoms with Crippen molar-refractivity contribution in [3.8, 4) is 0 Å².